The highest BCUT2D eigenvalue weighted by Gasteiger charge is 2.32. The van der Waals surface area contributed by atoms with Gasteiger partial charge < -0.3 is 25.7 Å². The molecule has 4 N–H and O–H groups in total. The molecule has 2 aromatic carbocycles. The van der Waals surface area contributed by atoms with E-state index in [1.165, 1.54) is 7.05 Å². The van der Waals surface area contributed by atoms with E-state index in [0.29, 0.717) is 23.6 Å². The number of nitrogens with one attached hydrogen (secondary N) is 2. The number of hydrogen-bond acceptors (Lipinski definition) is 5. The van der Waals surface area contributed by atoms with Crippen molar-refractivity contribution >= 4 is 23.4 Å². The lowest BCUT2D eigenvalue weighted by Crippen LogP contribution is -2.35. The molecule has 34 heavy (non-hydrogen) atoms. The van der Waals surface area contributed by atoms with Gasteiger partial charge in [0, 0.05) is 44.5 Å². The van der Waals surface area contributed by atoms with Gasteiger partial charge in [0.05, 0.1) is 5.92 Å². The average Bonchev–Trinajstić information content (AvgIpc) is 3.32. The SMILES string of the molecule is CNC(=O)[C@H](c1ccc(-c2cccc(CNC(=O)c3cccc(N(C)C)c3)c2)o1)C(C)C(N)=O. The first kappa shape index (κ1) is 24.6. The molecular weight excluding hydrogens is 432 g/mol. The minimum Gasteiger partial charge on any atom is -0.460 e. The number of furan rings is 1. The topological polar surface area (TPSA) is 118 Å². The number of carbonyl (C=O) groups excluding carboxylic acids is 3. The minimum atomic E-state index is -0.823. The van der Waals surface area contributed by atoms with Crippen LogP contribution in [-0.4, -0.2) is 38.9 Å². The van der Waals surface area contributed by atoms with Crippen LogP contribution in [-0.2, 0) is 16.1 Å². The van der Waals surface area contributed by atoms with E-state index in [9.17, 15) is 14.4 Å². The number of likely N-dealkylation sites (N-methyl/N-ethyl adjacent to an activating group) is 1. The molecule has 0 bridgehead atoms. The molecule has 0 fully saturated rings. The van der Waals surface area contributed by atoms with Crippen molar-refractivity contribution < 1.29 is 18.8 Å². The van der Waals surface area contributed by atoms with E-state index < -0.39 is 17.7 Å². The molecule has 3 amide bonds. The van der Waals surface area contributed by atoms with Gasteiger partial charge in [-0.25, -0.2) is 0 Å². The standard InChI is InChI=1S/C26H30N4O4/c1-16(24(27)31)23(26(33)28-2)22-12-11-21(34-22)18-8-5-7-17(13-18)15-29-25(32)19-9-6-10-20(14-19)30(3)4/h5-14,16,23H,15H2,1-4H3,(H2,27,31)(H,28,33)(H,29,32)/t16?,23-/m0/s1. The zero-order chi connectivity index (χ0) is 24.8. The zero-order valence-corrected chi connectivity index (χ0v) is 19.8. The van der Waals surface area contributed by atoms with Crippen LogP contribution in [0, 0.1) is 5.92 Å². The lowest BCUT2D eigenvalue weighted by Gasteiger charge is -2.17. The van der Waals surface area contributed by atoms with Gasteiger partial charge in [0.25, 0.3) is 5.91 Å². The Labute approximate surface area is 199 Å². The first-order chi connectivity index (χ1) is 16.2. The predicted molar refractivity (Wildman–Crippen MR) is 131 cm³/mol. The Morgan fingerprint density at radius 1 is 1.03 bits per heavy atom. The van der Waals surface area contributed by atoms with Crippen molar-refractivity contribution in [3.63, 3.8) is 0 Å². The third-order valence-electron chi connectivity index (χ3n) is 5.70. The fraction of sp³-hybridized carbons (Fsp3) is 0.269. The summed E-state index contributed by atoms with van der Waals surface area (Å²) in [6.45, 7) is 1.94. The molecule has 178 valence electrons. The summed E-state index contributed by atoms with van der Waals surface area (Å²) in [7, 11) is 5.35. The molecule has 0 aliphatic heterocycles. The quantitative estimate of drug-likeness (QED) is 0.452. The highest BCUT2D eigenvalue weighted by Crippen LogP contribution is 2.31. The maximum absolute atomic E-state index is 12.6. The summed E-state index contributed by atoms with van der Waals surface area (Å²) in [6.07, 6.45) is 0. The molecule has 0 aliphatic carbocycles. The van der Waals surface area contributed by atoms with Gasteiger partial charge in [0.15, 0.2) is 0 Å². The van der Waals surface area contributed by atoms with Crippen LogP contribution in [0.5, 0.6) is 0 Å². The number of rotatable bonds is 9. The lowest BCUT2D eigenvalue weighted by atomic mass is 9.90. The lowest BCUT2D eigenvalue weighted by molar-refractivity contribution is -0.129. The van der Waals surface area contributed by atoms with Crippen molar-refractivity contribution in [3.05, 3.63) is 77.6 Å². The van der Waals surface area contributed by atoms with E-state index in [0.717, 1.165) is 16.8 Å². The number of nitrogens with two attached hydrogens (primary N) is 1. The van der Waals surface area contributed by atoms with Crippen LogP contribution in [0.4, 0.5) is 5.69 Å². The Hall–Kier alpha value is -4.07. The molecule has 1 unspecified atom stereocenters. The van der Waals surface area contributed by atoms with E-state index in [1.54, 1.807) is 25.1 Å². The number of primary amides is 1. The van der Waals surface area contributed by atoms with E-state index in [4.69, 9.17) is 10.2 Å². The van der Waals surface area contributed by atoms with Gasteiger partial charge in [0.1, 0.15) is 17.4 Å². The first-order valence-corrected chi connectivity index (χ1v) is 11.0. The molecule has 8 heteroatoms. The number of benzene rings is 2. The molecule has 0 aliphatic rings. The highest BCUT2D eigenvalue weighted by atomic mass is 16.3. The van der Waals surface area contributed by atoms with E-state index in [-0.39, 0.29) is 11.8 Å². The summed E-state index contributed by atoms with van der Waals surface area (Å²) in [5, 5.41) is 5.50. The van der Waals surface area contributed by atoms with Gasteiger partial charge >= 0.3 is 0 Å². The zero-order valence-electron chi connectivity index (χ0n) is 19.8. The van der Waals surface area contributed by atoms with Crippen molar-refractivity contribution in [2.24, 2.45) is 11.7 Å². The highest BCUT2D eigenvalue weighted by molar-refractivity contribution is 5.95. The molecule has 3 rings (SSSR count). The molecular formula is C26H30N4O4. The second-order valence-electron chi connectivity index (χ2n) is 8.31. The Morgan fingerprint density at radius 2 is 1.76 bits per heavy atom. The van der Waals surface area contributed by atoms with Crippen molar-refractivity contribution in [2.45, 2.75) is 19.4 Å². The second-order valence-corrected chi connectivity index (χ2v) is 8.31. The Morgan fingerprint density at radius 3 is 2.44 bits per heavy atom. The number of hydrogen-bond donors (Lipinski definition) is 3. The minimum absolute atomic E-state index is 0.164. The number of carbonyl (C=O) groups is 3. The van der Waals surface area contributed by atoms with Crippen molar-refractivity contribution in [1.29, 1.82) is 0 Å². The van der Waals surface area contributed by atoms with Gasteiger partial charge in [-0.3, -0.25) is 14.4 Å². The van der Waals surface area contributed by atoms with Crippen LogP contribution in [0.3, 0.4) is 0 Å². The molecule has 0 saturated heterocycles. The largest absolute Gasteiger partial charge is 0.460 e. The van der Waals surface area contributed by atoms with Crippen LogP contribution in [0.2, 0.25) is 0 Å². The number of anilines is 1. The third kappa shape index (κ3) is 5.64. The number of amides is 3. The molecule has 3 aromatic rings. The molecule has 1 aromatic heterocycles. The summed E-state index contributed by atoms with van der Waals surface area (Å²) in [4.78, 5) is 38.6. The van der Waals surface area contributed by atoms with Gasteiger partial charge in [0.2, 0.25) is 11.8 Å². The summed E-state index contributed by atoms with van der Waals surface area (Å²) in [6, 6.07) is 18.4. The van der Waals surface area contributed by atoms with Gasteiger partial charge in [-0.2, -0.15) is 0 Å². The fourth-order valence-electron chi connectivity index (χ4n) is 3.64. The van der Waals surface area contributed by atoms with Gasteiger partial charge in [-0.1, -0.05) is 31.2 Å². The smallest absolute Gasteiger partial charge is 0.251 e. The van der Waals surface area contributed by atoms with Crippen LogP contribution >= 0.6 is 0 Å². The normalized spacial score (nSPS) is 12.5. The fourth-order valence-corrected chi connectivity index (χ4v) is 3.64. The molecule has 0 saturated carbocycles. The summed E-state index contributed by atoms with van der Waals surface area (Å²) in [5.41, 5.74) is 8.64. The maximum Gasteiger partial charge on any atom is 0.251 e. The monoisotopic (exact) mass is 462 g/mol. The first-order valence-electron chi connectivity index (χ1n) is 11.0. The summed E-state index contributed by atoms with van der Waals surface area (Å²) in [5.74, 6) is -1.73. The van der Waals surface area contributed by atoms with Crippen LogP contribution in [0.25, 0.3) is 11.3 Å². The number of nitrogens with zero attached hydrogens (tertiary/aromatic N) is 1. The van der Waals surface area contributed by atoms with Crippen LogP contribution in [0.15, 0.2) is 65.1 Å². The Bertz CT molecular complexity index is 1180. The van der Waals surface area contributed by atoms with Gasteiger partial charge in [-0.05, 0) is 42.0 Å². The summed E-state index contributed by atoms with van der Waals surface area (Å²) >= 11 is 0. The van der Waals surface area contributed by atoms with Crippen LogP contribution < -0.4 is 21.3 Å². The average molecular weight is 463 g/mol. The predicted octanol–water partition coefficient (Wildman–Crippen LogP) is 2.89. The second kappa shape index (κ2) is 10.7. The van der Waals surface area contributed by atoms with Crippen molar-refractivity contribution in [2.75, 3.05) is 26.0 Å². The van der Waals surface area contributed by atoms with Crippen molar-refractivity contribution in [3.8, 4) is 11.3 Å². The van der Waals surface area contributed by atoms with Gasteiger partial charge in [-0.15, -0.1) is 0 Å². The molecule has 0 spiro atoms. The molecule has 2 atom stereocenters. The van der Waals surface area contributed by atoms with E-state index in [2.05, 4.69) is 10.6 Å². The van der Waals surface area contributed by atoms with E-state index in [1.807, 2.05) is 61.5 Å². The van der Waals surface area contributed by atoms with Crippen molar-refractivity contribution in [1.82, 2.24) is 10.6 Å². The Balaban J connectivity index is 1.75. The van der Waals surface area contributed by atoms with E-state index >= 15 is 0 Å². The molecule has 0 radical (unpaired) electrons. The molecule has 1 heterocycles. The molecule has 8 nitrogen and oxygen atoms in total. The Kier molecular flexibility index (Phi) is 7.73. The third-order valence-corrected chi connectivity index (χ3v) is 5.70. The van der Waals surface area contributed by atoms with Crippen LogP contribution in [0.1, 0.15) is 34.5 Å². The summed E-state index contributed by atoms with van der Waals surface area (Å²) < 4.78 is 5.95. The maximum atomic E-state index is 12.6.